The van der Waals surface area contributed by atoms with Crippen molar-refractivity contribution in [2.75, 3.05) is 0 Å². The molecule has 0 bridgehead atoms. The van der Waals surface area contributed by atoms with Crippen LogP contribution in [0.4, 0.5) is 4.79 Å². The third kappa shape index (κ3) is 1.11. The molecule has 0 spiro atoms. The van der Waals surface area contributed by atoms with Gasteiger partial charge in [-0.3, -0.25) is 0 Å². The first-order chi connectivity index (χ1) is 4.61. The Morgan fingerprint density at radius 1 is 1.90 bits per heavy atom. The number of halogens is 1. The summed E-state index contributed by atoms with van der Waals surface area (Å²) in [6, 6.07) is -0.630. The van der Waals surface area contributed by atoms with Gasteiger partial charge in [0.15, 0.2) is 0 Å². The minimum atomic E-state index is -0.630. The van der Waals surface area contributed by atoms with E-state index < -0.39 is 6.03 Å². The van der Waals surface area contributed by atoms with Gasteiger partial charge in [0, 0.05) is 0 Å². The molecule has 1 amide bonds. The van der Waals surface area contributed by atoms with Crippen molar-refractivity contribution in [2.24, 2.45) is 5.73 Å². The minimum absolute atomic E-state index is 0.443. The average Bonchev–Trinajstić information content (AvgIpc) is 2.13. The van der Waals surface area contributed by atoms with Crippen LogP contribution >= 0.6 is 11.6 Å². The second kappa shape index (κ2) is 2.30. The van der Waals surface area contributed by atoms with Crippen LogP contribution in [0.25, 0.3) is 0 Å². The average molecular weight is 160 g/mol. The Labute approximate surface area is 62.6 Å². The standard InChI is InChI=1S/C5H6ClN3O/c1-3-4(6)2-9(8-3)5(7)10/h2H,1H3,(H2,7,10). The van der Waals surface area contributed by atoms with Crippen molar-refractivity contribution in [1.82, 2.24) is 9.78 Å². The number of primary amides is 1. The van der Waals surface area contributed by atoms with Crippen LogP contribution in [0.5, 0.6) is 0 Å². The van der Waals surface area contributed by atoms with E-state index in [-0.39, 0.29) is 0 Å². The number of hydrogen-bond donors (Lipinski definition) is 1. The molecule has 0 aliphatic rings. The van der Waals surface area contributed by atoms with E-state index in [1.807, 2.05) is 0 Å². The molecule has 0 radical (unpaired) electrons. The summed E-state index contributed by atoms with van der Waals surface area (Å²) in [7, 11) is 0. The summed E-state index contributed by atoms with van der Waals surface area (Å²) < 4.78 is 0.998. The number of aromatic nitrogens is 2. The summed E-state index contributed by atoms with van der Waals surface area (Å²) >= 11 is 5.58. The highest BCUT2D eigenvalue weighted by atomic mass is 35.5. The Kier molecular flexibility index (Phi) is 1.63. The minimum Gasteiger partial charge on any atom is -0.350 e. The molecule has 5 heteroatoms. The molecule has 0 atom stereocenters. The number of nitrogens with two attached hydrogens (primary N) is 1. The van der Waals surface area contributed by atoms with Crippen LogP contribution < -0.4 is 5.73 Å². The van der Waals surface area contributed by atoms with E-state index in [1.165, 1.54) is 6.20 Å². The maximum atomic E-state index is 10.4. The lowest BCUT2D eigenvalue weighted by Gasteiger charge is -1.87. The molecule has 1 aromatic heterocycles. The highest BCUT2D eigenvalue weighted by Gasteiger charge is 2.03. The first-order valence-corrected chi connectivity index (χ1v) is 3.00. The van der Waals surface area contributed by atoms with Crippen LogP contribution in [0.15, 0.2) is 6.20 Å². The van der Waals surface area contributed by atoms with Crippen molar-refractivity contribution >= 4 is 17.6 Å². The summed E-state index contributed by atoms with van der Waals surface area (Å²) in [6.07, 6.45) is 1.37. The Bertz CT molecular complexity index is 248. The van der Waals surface area contributed by atoms with Crippen molar-refractivity contribution in [1.29, 1.82) is 0 Å². The van der Waals surface area contributed by atoms with E-state index >= 15 is 0 Å². The molecule has 1 heterocycles. The molecule has 0 fully saturated rings. The van der Waals surface area contributed by atoms with Gasteiger partial charge in [-0.25, -0.2) is 4.79 Å². The van der Waals surface area contributed by atoms with Gasteiger partial charge in [-0.1, -0.05) is 11.6 Å². The van der Waals surface area contributed by atoms with Gasteiger partial charge in [0.2, 0.25) is 0 Å². The maximum Gasteiger partial charge on any atom is 0.339 e. The lowest BCUT2D eigenvalue weighted by Crippen LogP contribution is -2.19. The Balaban J connectivity index is 3.10. The monoisotopic (exact) mass is 159 g/mol. The van der Waals surface area contributed by atoms with E-state index in [4.69, 9.17) is 17.3 Å². The number of hydrogen-bond acceptors (Lipinski definition) is 2. The molecule has 0 aliphatic heterocycles. The van der Waals surface area contributed by atoms with E-state index in [2.05, 4.69) is 5.10 Å². The molecule has 0 aliphatic carbocycles. The SMILES string of the molecule is Cc1nn(C(N)=O)cc1Cl. The fraction of sp³-hybridized carbons (Fsp3) is 0.200. The van der Waals surface area contributed by atoms with E-state index in [1.54, 1.807) is 6.92 Å². The number of nitrogens with zero attached hydrogens (tertiary/aromatic N) is 2. The smallest absolute Gasteiger partial charge is 0.339 e. The Morgan fingerprint density at radius 2 is 2.50 bits per heavy atom. The zero-order chi connectivity index (χ0) is 7.72. The molecular weight excluding hydrogens is 154 g/mol. The van der Waals surface area contributed by atoms with Gasteiger partial charge in [0.05, 0.1) is 16.9 Å². The van der Waals surface area contributed by atoms with Gasteiger partial charge in [-0.2, -0.15) is 9.78 Å². The zero-order valence-corrected chi connectivity index (χ0v) is 6.09. The van der Waals surface area contributed by atoms with Gasteiger partial charge in [-0.15, -0.1) is 0 Å². The summed E-state index contributed by atoms with van der Waals surface area (Å²) in [5.74, 6) is 0. The molecule has 4 nitrogen and oxygen atoms in total. The number of aryl methyl sites for hydroxylation is 1. The molecule has 10 heavy (non-hydrogen) atoms. The molecule has 0 aromatic carbocycles. The van der Waals surface area contributed by atoms with Crippen molar-refractivity contribution in [2.45, 2.75) is 6.92 Å². The van der Waals surface area contributed by atoms with Gasteiger partial charge in [0.1, 0.15) is 0 Å². The van der Waals surface area contributed by atoms with Gasteiger partial charge in [0.25, 0.3) is 0 Å². The summed E-state index contributed by atoms with van der Waals surface area (Å²) in [4.78, 5) is 10.4. The second-order valence-electron chi connectivity index (χ2n) is 1.85. The van der Waals surface area contributed by atoms with Crippen LogP contribution in [-0.2, 0) is 0 Å². The first-order valence-electron chi connectivity index (χ1n) is 2.63. The van der Waals surface area contributed by atoms with Gasteiger partial charge >= 0.3 is 6.03 Å². The predicted molar refractivity (Wildman–Crippen MR) is 37.0 cm³/mol. The van der Waals surface area contributed by atoms with E-state index in [9.17, 15) is 4.79 Å². The molecule has 0 saturated heterocycles. The quantitative estimate of drug-likeness (QED) is 0.608. The van der Waals surface area contributed by atoms with Crippen LogP contribution in [0.1, 0.15) is 5.69 Å². The normalized spacial score (nSPS) is 9.80. The van der Waals surface area contributed by atoms with Crippen molar-refractivity contribution in [3.8, 4) is 0 Å². The topological polar surface area (TPSA) is 60.9 Å². The number of rotatable bonds is 0. The lowest BCUT2D eigenvalue weighted by molar-refractivity contribution is 0.247. The number of amides is 1. The highest BCUT2D eigenvalue weighted by Crippen LogP contribution is 2.10. The van der Waals surface area contributed by atoms with Crippen LogP contribution in [0.3, 0.4) is 0 Å². The fourth-order valence-corrected chi connectivity index (χ4v) is 0.682. The van der Waals surface area contributed by atoms with Crippen molar-refractivity contribution in [3.05, 3.63) is 16.9 Å². The summed E-state index contributed by atoms with van der Waals surface area (Å²) in [5, 5.41) is 4.16. The molecule has 0 saturated carbocycles. The predicted octanol–water partition coefficient (Wildman–Crippen LogP) is 0.772. The number of carbonyl (C=O) groups is 1. The molecule has 0 unspecified atom stereocenters. The summed E-state index contributed by atoms with van der Waals surface area (Å²) in [6.45, 7) is 1.70. The van der Waals surface area contributed by atoms with Crippen molar-refractivity contribution in [3.63, 3.8) is 0 Å². The maximum absolute atomic E-state index is 10.4. The third-order valence-electron chi connectivity index (χ3n) is 1.06. The molecule has 1 aromatic rings. The lowest BCUT2D eigenvalue weighted by atomic mass is 10.5. The Hall–Kier alpha value is -1.03. The largest absolute Gasteiger partial charge is 0.350 e. The van der Waals surface area contributed by atoms with E-state index in [0.29, 0.717) is 10.7 Å². The molecule has 2 N–H and O–H groups in total. The molecule has 54 valence electrons. The summed E-state index contributed by atoms with van der Waals surface area (Å²) in [5.41, 5.74) is 5.50. The molecular formula is C5H6ClN3O. The third-order valence-corrected chi connectivity index (χ3v) is 1.44. The fourth-order valence-electron chi connectivity index (χ4n) is 0.552. The zero-order valence-electron chi connectivity index (χ0n) is 5.34. The van der Waals surface area contributed by atoms with Gasteiger partial charge in [-0.05, 0) is 6.92 Å². The highest BCUT2D eigenvalue weighted by molar-refractivity contribution is 6.31. The van der Waals surface area contributed by atoms with Crippen LogP contribution in [-0.4, -0.2) is 15.8 Å². The first kappa shape index (κ1) is 7.08. The number of carbonyl (C=O) groups excluding carboxylic acids is 1. The van der Waals surface area contributed by atoms with Crippen molar-refractivity contribution < 1.29 is 4.79 Å². The Morgan fingerprint density at radius 3 is 2.70 bits per heavy atom. The second-order valence-corrected chi connectivity index (χ2v) is 2.25. The van der Waals surface area contributed by atoms with E-state index in [0.717, 1.165) is 4.68 Å². The van der Waals surface area contributed by atoms with Gasteiger partial charge < -0.3 is 5.73 Å². The van der Waals surface area contributed by atoms with Crippen LogP contribution in [0.2, 0.25) is 5.02 Å². The molecule has 1 rings (SSSR count). The van der Waals surface area contributed by atoms with Crippen LogP contribution in [0, 0.1) is 6.92 Å².